The number of methoxy groups -OCH3 is 1. The summed E-state index contributed by atoms with van der Waals surface area (Å²) < 4.78 is 10.3. The van der Waals surface area contributed by atoms with Gasteiger partial charge in [0, 0.05) is 13.5 Å². The Morgan fingerprint density at radius 3 is 2.70 bits per heavy atom. The van der Waals surface area contributed by atoms with Crippen molar-refractivity contribution in [1.29, 1.82) is 0 Å². The molecule has 1 rings (SSSR count). The predicted molar refractivity (Wildman–Crippen MR) is 36.6 cm³/mol. The quantitative estimate of drug-likeness (QED) is 0.586. The van der Waals surface area contributed by atoms with Gasteiger partial charge in [-0.2, -0.15) is 0 Å². The zero-order chi connectivity index (χ0) is 7.56. The van der Waals surface area contributed by atoms with E-state index in [4.69, 9.17) is 9.47 Å². The van der Waals surface area contributed by atoms with E-state index in [1.807, 2.05) is 6.92 Å². The number of aliphatic hydroxyl groups is 1. The fourth-order valence-corrected chi connectivity index (χ4v) is 1.11. The van der Waals surface area contributed by atoms with Crippen LogP contribution < -0.4 is 0 Å². The average Bonchev–Trinajstić information content (AvgIpc) is 1.95. The van der Waals surface area contributed by atoms with Gasteiger partial charge in [-0.3, -0.25) is 0 Å². The van der Waals surface area contributed by atoms with Crippen molar-refractivity contribution in [1.82, 2.24) is 0 Å². The highest BCUT2D eigenvalue weighted by atomic mass is 16.7. The molecule has 1 aliphatic heterocycles. The minimum Gasteiger partial charge on any atom is -0.390 e. The third-order valence-corrected chi connectivity index (χ3v) is 1.87. The van der Waals surface area contributed by atoms with E-state index in [1.165, 1.54) is 0 Å². The first-order valence-corrected chi connectivity index (χ1v) is 3.60. The number of hydrogen-bond donors (Lipinski definition) is 1. The van der Waals surface area contributed by atoms with Crippen LogP contribution in [0.15, 0.2) is 0 Å². The van der Waals surface area contributed by atoms with Gasteiger partial charge in [0.15, 0.2) is 6.29 Å². The second-order valence-corrected chi connectivity index (χ2v) is 2.65. The van der Waals surface area contributed by atoms with Crippen LogP contribution in [0.5, 0.6) is 0 Å². The average molecular weight is 146 g/mol. The van der Waals surface area contributed by atoms with E-state index in [0.29, 0.717) is 0 Å². The van der Waals surface area contributed by atoms with Gasteiger partial charge in [-0.15, -0.1) is 0 Å². The molecule has 0 bridgehead atoms. The van der Waals surface area contributed by atoms with Gasteiger partial charge in [-0.05, 0) is 13.3 Å². The molecule has 1 heterocycles. The fraction of sp³-hybridized carbons (Fsp3) is 1.00. The summed E-state index contributed by atoms with van der Waals surface area (Å²) in [6, 6.07) is 0. The summed E-state index contributed by atoms with van der Waals surface area (Å²) in [6.07, 6.45) is 1.06. The molecule has 3 heteroatoms. The van der Waals surface area contributed by atoms with Gasteiger partial charge in [0.2, 0.25) is 0 Å². The summed E-state index contributed by atoms with van der Waals surface area (Å²) in [7, 11) is 1.62. The Bertz CT molecular complexity index is 105. The van der Waals surface area contributed by atoms with Crippen LogP contribution in [0.1, 0.15) is 19.8 Å². The lowest BCUT2D eigenvalue weighted by Crippen LogP contribution is -2.37. The first-order valence-electron chi connectivity index (χ1n) is 3.60. The van der Waals surface area contributed by atoms with E-state index in [9.17, 15) is 5.11 Å². The molecule has 0 aliphatic carbocycles. The molecule has 10 heavy (non-hydrogen) atoms. The van der Waals surface area contributed by atoms with Crippen molar-refractivity contribution in [2.24, 2.45) is 0 Å². The Morgan fingerprint density at radius 2 is 2.20 bits per heavy atom. The van der Waals surface area contributed by atoms with Gasteiger partial charge < -0.3 is 14.6 Å². The second kappa shape index (κ2) is 3.32. The second-order valence-electron chi connectivity index (χ2n) is 2.65. The lowest BCUT2D eigenvalue weighted by molar-refractivity contribution is -0.206. The molecule has 3 nitrogen and oxygen atoms in total. The van der Waals surface area contributed by atoms with E-state index in [1.54, 1.807) is 7.11 Å². The summed E-state index contributed by atoms with van der Waals surface area (Å²) in [5.41, 5.74) is 0. The summed E-state index contributed by atoms with van der Waals surface area (Å²) in [5, 5.41) is 9.21. The van der Waals surface area contributed by atoms with Crippen LogP contribution >= 0.6 is 0 Å². The number of aliphatic hydroxyl groups excluding tert-OH is 1. The molecule has 0 spiro atoms. The molecule has 1 aliphatic rings. The highest BCUT2D eigenvalue weighted by molar-refractivity contribution is 4.70. The highest BCUT2D eigenvalue weighted by Crippen LogP contribution is 2.19. The fourth-order valence-electron chi connectivity index (χ4n) is 1.11. The van der Waals surface area contributed by atoms with Crippen molar-refractivity contribution >= 4 is 0 Å². The Hall–Kier alpha value is -0.120. The van der Waals surface area contributed by atoms with Crippen LogP contribution in [0.2, 0.25) is 0 Å². The molecule has 0 aromatic heterocycles. The Kier molecular flexibility index (Phi) is 2.65. The predicted octanol–water partition coefficient (Wildman–Crippen LogP) is 0.519. The van der Waals surface area contributed by atoms with Gasteiger partial charge in [-0.1, -0.05) is 0 Å². The summed E-state index contributed by atoms with van der Waals surface area (Å²) >= 11 is 0. The van der Waals surface area contributed by atoms with Crippen molar-refractivity contribution in [3.05, 3.63) is 0 Å². The van der Waals surface area contributed by atoms with Gasteiger partial charge in [0.05, 0.1) is 12.2 Å². The molecule has 0 radical (unpaired) electrons. The highest BCUT2D eigenvalue weighted by Gasteiger charge is 2.25. The number of hydrogen-bond acceptors (Lipinski definition) is 3. The summed E-state index contributed by atoms with van der Waals surface area (Å²) in [5.74, 6) is 0. The lowest BCUT2D eigenvalue weighted by atomic mass is 10.1. The van der Waals surface area contributed by atoms with Gasteiger partial charge in [0.1, 0.15) is 0 Å². The van der Waals surface area contributed by atoms with E-state index in [-0.39, 0.29) is 18.5 Å². The van der Waals surface area contributed by atoms with Gasteiger partial charge >= 0.3 is 0 Å². The van der Waals surface area contributed by atoms with E-state index in [0.717, 1.165) is 12.8 Å². The maximum atomic E-state index is 9.21. The smallest absolute Gasteiger partial charge is 0.157 e. The zero-order valence-corrected chi connectivity index (χ0v) is 6.41. The molecule has 1 N–H and O–H groups in total. The zero-order valence-electron chi connectivity index (χ0n) is 6.41. The Morgan fingerprint density at radius 1 is 1.50 bits per heavy atom. The minimum absolute atomic E-state index is 0.0845. The first kappa shape index (κ1) is 7.98. The van der Waals surface area contributed by atoms with Crippen LogP contribution in [-0.4, -0.2) is 30.7 Å². The molecule has 3 atom stereocenters. The van der Waals surface area contributed by atoms with Crippen LogP contribution in [0, 0.1) is 0 Å². The van der Waals surface area contributed by atoms with Crippen LogP contribution in [-0.2, 0) is 9.47 Å². The molecule has 0 amide bonds. The normalized spacial score (nSPS) is 41.7. The van der Waals surface area contributed by atoms with Crippen molar-refractivity contribution in [3.8, 4) is 0 Å². The first-order chi connectivity index (χ1) is 4.74. The van der Waals surface area contributed by atoms with Crippen LogP contribution in [0.3, 0.4) is 0 Å². The summed E-state index contributed by atoms with van der Waals surface area (Å²) in [6.45, 7) is 1.86. The molecule has 0 aromatic carbocycles. The van der Waals surface area contributed by atoms with Crippen LogP contribution in [0.4, 0.5) is 0 Å². The Balaban J connectivity index is 2.33. The monoisotopic (exact) mass is 146 g/mol. The maximum absolute atomic E-state index is 9.21. The topological polar surface area (TPSA) is 38.7 Å². The van der Waals surface area contributed by atoms with Crippen molar-refractivity contribution < 1.29 is 14.6 Å². The van der Waals surface area contributed by atoms with E-state index < -0.39 is 0 Å². The van der Waals surface area contributed by atoms with Crippen molar-refractivity contribution in [2.75, 3.05) is 7.11 Å². The molecule has 60 valence electrons. The standard InChI is InChI=1S/C7H14O3/c1-5-6(8)3-4-7(9-2)10-5/h5-8H,3-4H2,1-2H3/t5-,6?,7?/m1/s1. The summed E-state index contributed by atoms with van der Waals surface area (Å²) in [4.78, 5) is 0. The molecule has 0 aromatic rings. The van der Waals surface area contributed by atoms with Gasteiger partial charge in [0.25, 0.3) is 0 Å². The third kappa shape index (κ3) is 1.68. The maximum Gasteiger partial charge on any atom is 0.157 e. The molecular weight excluding hydrogens is 132 g/mol. The number of ether oxygens (including phenoxy) is 2. The largest absolute Gasteiger partial charge is 0.390 e. The third-order valence-electron chi connectivity index (χ3n) is 1.87. The molecular formula is C7H14O3. The molecule has 0 saturated carbocycles. The van der Waals surface area contributed by atoms with Crippen LogP contribution in [0.25, 0.3) is 0 Å². The number of rotatable bonds is 1. The lowest BCUT2D eigenvalue weighted by Gasteiger charge is -2.30. The molecule has 1 saturated heterocycles. The van der Waals surface area contributed by atoms with Crippen molar-refractivity contribution in [2.45, 2.75) is 38.3 Å². The minimum atomic E-state index is -0.314. The SMILES string of the molecule is COC1CCC(O)[C@@H](C)O1. The van der Waals surface area contributed by atoms with E-state index in [2.05, 4.69) is 0 Å². The molecule has 1 fully saturated rings. The Labute approximate surface area is 60.9 Å². The molecule has 2 unspecified atom stereocenters. The van der Waals surface area contributed by atoms with Gasteiger partial charge in [-0.25, -0.2) is 0 Å². The van der Waals surface area contributed by atoms with Crippen molar-refractivity contribution in [3.63, 3.8) is 0 Å². The van der Waals surface area contributed by atoms with E-state index >= 15 is 0 Å².